The summed E-state index contributed by atoms with van der Waals surface area (Å²) in [5.41, 5.74) is 0.544. The minimum Gasteiger partial charge on any atom is -0.162 e. The SMILES string of the molecule is CC(C)(C)CC1CCCSC1. The number of hydrogen-bond donors (Lipinski definition) is 0. The summed E-state index contributed by atoms with van der Waals surface area (Å²) in [5, 5.41) is 0. The van der Waals surface area contributed by atoms with E-state index in [1.165, 1.54) is 30.8 Å². The van der Waals surface area contributed by atoms with Crippen LogP contribution in [0.2, 0.25) is 0 Å². The molecule has 1 aliphatic rings. The maximum absolute atomic E-state index is 2.35. The molecule has 11 heavy (non-hydrogen) atoms. The van der Waals surface area contributed by atoms with Crippen LogP contribution in [0.4, 0.5) is 0 Å². The van der Waals surface area contributed by atoms with E-state index >= 15 is 0 Å². The fraction of sp³-hybridized carbons (Fsp3) is 1.00. The Morgan fingerprint density at radius 1 is 1.36 bits per heavy atom. The fourth-order valence-electron chi connectivity index (χ4n) is 1.83. The second kappa shape index (κ2) is 3.84. The zero-order valence-electron chi connectivity index (χ0n) is 8.02. The van der Waals surface area contributed by atoms with Gasteiger partial charge in [-0.25, -0.2) is 0 Å². The summed E-state index contributed by atoms with van der Waals surface area (Å²) in [4.78, 5) is 0. The molecule has 1 heteroatoms. The van der Waals surface area contributed by atoms with E-state index in [-0.39, 0.29) is 0 Å². The predicted molar refractivity (Wildman–Crippen MR) is 54.1 cm³/mol. The third-order valence-electron chi connectivity index (χ3n) is 2.16. The van der Waals surface area contributed by atoms with Crippen LogP contribution in [0.1, 0.15) is 40.0 Å². The van der Waals surface area contributed by atoms with Gasteiger partial charge in [0.05, 0.1) is 0 Å². The van der Waals surface area contributed by atoms with Gasteiger partial charge in [-0.05, 0) is 42.1 Å². The lowest BCUT2D eigenvalue weighted by Crippen LogP contribution is -2.18. The van der Waals surface area contributed by atoms with Gasteiger partial charge in [0.1, 0.15) is 0 Å². The van der Waals surface area contributed by atoms with Crippen LogP contribution in [-0.4, -0.2) is 11.5 Å². The Hall–Kier alpha value is 0.350. The van der Waals surface area contributed by atoms with E-state index in [0.29, 0.717) is 5.41 Å². The maximum Gasteiger partial charge on any atom is -0.00389 e. The van der Waals surface area contributed by atoms with Crippen molar-refractivity contribution in [3.8, 4) is 0 Å². The molecule has 1 unspecified atom stereocenters. The quantitative estimate of drug-likeness (QED) is 0.583. The first-order valence-electron chi connectivity index (χ1n) is 4.66. The number of thioether (sulfide) groups is 1. The second-order valence-corrected chi connectivity index (χ2v) is 6.00. The van der Waals surface area contributed by atoms with Crippen molar-refractivity contribution in [2.24, 2.45) is 11.3 Å². The molecule has 1 fully saturated rings. The average molecular weight is 172 g/mol. The maximum atomic E-state index is 2.35. The van der Waals surface area contributed by atoms with Crippen molar-refractivity contribution in [1.29, 1.82) is 0 Å². The number of rotatable bonds is 1. The van der Waals surface area contributed by atoms with Crippen molar-refractivity contribution in [2.45, 2.75) is 40.0 Å². The van der Waals surface area contributed by atoms with Gasteiger partial charge in [-0.15, -0.1) is 0 Å². The van der Waals surface area contributed by atoms with E-state index in [1.807, 2.05) is 0 Å². The molecule has 0 N–H and O–H groups in total. The van der Waals surface area contributed by atoms with Gasteiger partial charge in [0.2, 0.25) is 0 Å². The molecule has 0 radical (unpaired) electrons. The van der Waals surface area contributed by atoms with E-state index in [9.17, 15) is 0 Å². The van der Waals surface area contributed by atoms with E-state index in [0.717, 1.165) is 5.92 Å². The van der Waals surface area contributed by atoms with E-state index in [1.54, 1.807) is 0 Å². The highest BCUT2D eigenvalue weighted by Crippen LogP contribution is 2.32. The Labute approximate surface area is 75.1 Å². The summed E-state index contributed by atoms with van der Waals surface area (Å²) < 4.78 is 0. The van der Waals surface area contributed by atoms with Crippen LogP contribution in [0.5, 0.6) is 0 Å². The Morgan fingerprint density at radius 2 is 2.09 bits per heavy atom. The van der Waals surface area contributed by atoms with Gasteiger partial charge in [-0.2, -0.15) is 11.8 Å². The molecule has 1 heterocycles. The molecule has 0 aromatic carbocycles. The number of hydrogen-bond acceptors (Lipinski definition) is 1. The first kappa shape index (κ1) is 9.44. The minimum atomic E-state index is 0.544. The van der Waals surface area contributed by atoms with Gasteiger partial charge in [0, 0.05) is 0 Å². The van der Waals surface area contributed by atoms with E-state index < -0.39 is 0 Å². The highest BCUT2D eigenvalue weighted by Gasteiger charge is 2.20. The lowest BCUT2D eigenvalue weighted by Gasteiger charge is -2.28. The average Bonchev–Trinajstić information content (AvgIpc) is 1.85. The van der Waals surface area contributed by atoms with Crippen molar-refractivity contribution in [2.75, 3.05) is 11.5 Å². The van der Waals surface area contributed by atoms with Crippen molar-refractivity contribution in [1.82, 2.24) is 0 Å². The molecule has 0 saturated carbocycles. The molecule has 0 aromatic heterocycles. The summed E-state index contributed by atoms with van der Waals surface area (Å²) in [5.74, 6) is 3.83. The summed E-state index contributed by atoms with van der Waals surface area (Å²) in [6.07, 6.45) is 4.34. The van der Waals surface area contributed by atoms with Crippen LogP contribution in [0.25, 0.3) is 0 Å². The lowest BCUT2D eigenvalue weighted by molar-refractivity contribution is 0.296. The van der Waals surface area contributed by atoms with Crippen LogP contribution >= 0.6 is 11.8 Å². The van der Waals surface area contributed by atoms with Crippen LogP contribution in [0.3, 0.4) is 0 Å². The molecule has 1 atom stereocenters. The first-order chi connectivity index (χ1) is 5.08. The normalized spacial score (nSPS) is 27.0. The zero-order valence-corrected chi connectivity index (χ0v) is 8.84. The standard InChI is InChI=1S/C10H20S/c1-10(2,3)7-9-5-4-6-11-8-9/h9H,4-8H2,1-3H3. The molecule has 1 aliphatic heterocycles. The van der Waals surface area contributed by atoms with E-state index in [2.05, 4.69) is 32.5 Å². The van der Waals surface area contributed by atoms with Crippen molar-refractivity contribution >= 4 is 11.8 Å². The van der Waals surface area contributed by atoms with Crippen molar-refractivity contribution < 1.29 is 0 Å². The summed E-state index contributed by atoms with van der Waals surface area (Å²) >= 11 is 2.14. The third kappa shape index (κ3) is 4.05. The summed E-state index contributed by atoms with van der Waals surface area (Å²) in [6.45, 7) is 7.06. The van der Waals surface area contributed by atoms with Gasteiger partial charge in [-0.1, -0.05) is 20.8 Å². The molecular formula is C10H20S. The highest BCUT2D eigenvalue weighted by molar-refractivity contribution is 7.99. The topological polar surface area (TPSA) is 0 Å². The van der Waals surface area contributed by atoms with E-state index in [4.69, 9.17) is 0 Å². The van der Waals surface area contributed by atoms with Crippen molar-refractivity contribution in [3.63, 3.8) is 0 Å². The molecule has 0 nitrogen and oxygen atoms in total. The minimum absolute atomic E-state index is 0.544. The first-order valence-corrected chi connectivity index (χ1v) is 5.81. The van der Waals surface area contributed by atoms with Gasteiger partial charge >= 0.3 is 0 Å². The molecule has 0 aromatic rings. The molecule has 1 rings (SSSR count). The fourth-order valence-corrected chi connectivity index (χ4v) is 2.99. The monoisotopic (exact) mass is 172 g/mol. The molecule has 0 amide bonds. The van der Waals surface area contributed by atoms with Gasteiger partial charge in [0.25, 0.3) is 0 Å². The lowest BCUT2D eigenvalue weighted by atomic mass is 9.83. The van der Waals surface area contributed by atoms with Crippen LogP contribution in [0.15, 0.2) is 0 Å². The smallest absolute Gasteiger partial charge is 0.00389 e. The second-order valence-electron chi connectivity index (χ2n) is 4.85. The largest absolute Gasteiger partial charge is 0.162 e. The molecule has 66 valence electrons. The molecule has 0 aliphatic carbocycles. The third-order valence-corrected chi connectivity index (χ3v) is 3.44. The molecular weight excluding hydrogens is 152 g/mol. The molecule has 0 spiro atoms. The zero-order chi connectivity index (χ0) is 8.32. The highest BCUT2D eigenvalue weighted by atomic mass is 32.2. The van der Waals surface area contributed by atoms with Gasteiger partial charge < -0.3 is 0 Å². The Balaban J connectivity index is 2.24. The van der Waals surface area contributed by atoms with Crippen LogP contribution in [0, 0.1) is 11.3 Å². The summed E-state index contributed by atoms with van der Waals surface area (Å²) in [6, 6.07) is 0. The Kier molecular flexibility index (Phi) is 3.29. The van der Waals surface area contributed by atoms with Gasteiger partial charge in [-0.3, -0.25) is 0 Å². The predicted octanol–water partition coefficient (Wildman–Crippen LogP) is 3.57. The van der Waals surface area contributed by atoms with Crippen LogP contribution in [-0.2, 0) is 0 Å². The Morgan fingerprint density at radius 3 is 2.55 bits per heavy atom. The van der Waals surface area contributed by atoms with Crippen LogP contribution < -0.4 is 0 Å². The van der Waals surface area contributed by atoms with Crippen molar-refractivity contribution in [3.05, 3.63) is 0 Å². The molecule has 1 saturated heterocycles. The Bertz CT molecular complexity index is 107. The molecule has 0 bridgehead atoms. The summed E-state index contributed by atoms with van der Waals surface area (Å²) in [7, 11) is 0. The van der Waals surface area contributed by atoms with Gasteiger partial charge in [0.15, 0.2) is 0 Å².